The minimum absolute atomic E-state index is 0.0479. The summed E-state index contributed by atoms with van der Waals surface area (Å²) >= 11 is 9.70. The Bertz CT molecular complexity index is 572. The third-order valence-corrected chi connectivity index (χ3v) is 4.43. The van der Waals surface area contributed by atoms with Crippen LogP contribution in [0.4, 0.5) is 0 Å². The maximum atomic E-state index is 6.19. The molecule has 0 spiro atoms. The zero-order valence-electron chi connectivity index (χ0n) is 10.7. The monoisotopic (exact) mass is 338 g/mol. The van der Waals surface area contributed by atoms with E-state index in [9.17, 15) is 0 Å². The van der Waals surface area contributed by atoms with E-state index < -0.39 is 0 Å². The maximum absolute atomic E-state index is 6.19. The minimum Gasteiger partial charge on any atom is -0.271 e. The molecule has 0 amide bonds. The van der Waals surface area contributed by atoms with E-state index in [0.29, 0.717) is 0 Å². The molecule has 4 heteroatoms. The van der Waals surface area contributed by atoms with Crippen LogP contribution < -0.4 is 11.3 Å². The third kappa shape index (κ3) is 3.57. The van der Waals surface area contributed by atoms with Gasteiger partial charge in [-0.2, -0.15) is 0 Å². The summed E-state index contributed by atoms with van der Waals surface area (Å²) < 4.78 is 1.10. The van der Waals surface area contributed by atoms with Crippen LogP contribution >= 0.6 is 27.5 Å². The highest BCUT2D eigenvalue weighted by molar-refractivity contribution is 9.10. The molecule has 0 aliphatic rings. The lowest BCUT2D eigenvalue weighted by molar-refractivity contribution is 0.551. The van der Waals surface area contributed by atoms with Gasteiger partial charge in [0.2, 0.25) is 0 Å². The minimum atomic E-state index is 0.0479. The van der Waals surface area contributed by atoms with Gasteiger partial charge in [0.25, 0.3) is 0 Å². The quantitative estimate of drug-likeness (QED) is 0.648. The highest BCUT2D eigenvalue weighted by Crippen LogP contribution is 2.25. The number of hydrogen-bond acceptors (Lipinski definition) is 2. The van der Waals surface area contributed by atoms with Crippen LogP contribution in [-0.2, 0) is 6.42 Å². The molecule has 100 valence electrons. The highest BCUT2D eigenvalue weighted by atomic mass is 79.9. The summed E-state index contributed by atoms with van der Waals surface area (Å²) in [4.78, 5) is 0. The second-order valence-electron chi connectivity index (χ2n) is 4.52. The van der Waals surface area contributed by atoms with Gasteiger partial charge < -0.3 is 0 Å². The Labute approximate surface area is 127 Å². The molecule has 2 aromatic rings. The lowest BCUT2D eigenvalue weighted by atomic mass is 9.98. The number of nitrogens with one attached hydrogen (secondary N) is 1. The predicted molar refractivity (Wildman–Crippen MR) is 84.1 cm³/mol. The number of hydrogen-bond donors (Lipinski definition) is 2. The van der Waals surface area contributed by atoms with Crippen molar-refractivity contribution >= 4 is 27.5 Å². The van der Waals surface area contributed by atoms with Crippen LogP contribution in [0.5, 0.6) is 0 Å². The van der Waals surface area contributed by atoms with E-state index in [2.05, 4.69) is 40.4 Å². The van der Waals surface area contributed by atoms with Crippen LogP contribution in [0.15, 0.2) is 46.9 Å². The Kier molecular flexibility index (Phi) is 4.99. The number of hydrazine groups is 1. The summed E-state index contributed by atoms with van der Waals surface area (Å²) in [7, 11) is 0. The first kappa shape index (κ1) is 14.5. The summed E-state index contributed by atoms with van der Waals surface area (Å²) in [5.41, 5.74) is 6.30. The van der Waals surface area contributed by atoms with Crippen molar-refractivity contribution in [1.29, 1.82) is 0 Å². The molecule has 1 atom stereocenters. The van der Waals surface area contributed by atoms with Gasteiger partial charge in [0.1, 0.15) is 0 Å². The zero-order valence-corrected chi connectivity index (χ0v) is 13.0. The number of nitrogens with two attached hydrogens (primary N) is 1. The van der Waals surface area contributed by atoms with Gasteiger partial charge in [-0.3, -0.25) is 11.3 Å². The Morgan fingerprint density at radius 1 is 1.26 bits per heavy atom. The first-order chi connectivity index (χ1) is 9.11. The molecule has 1 unspecified atom stereocenters. The number of aryl methyl sites for hydroxylation is 1. The first-order valence-electron chi connectivity index (χ1n) is 6.07. The summed E-state index contributed by atoms with van der Waals surface area (Å²) in [5, 5.41) is 0.775. The third-order valence-electron chi connectivity index (χ3n) is 3.17. The lowest BCUT2D eigenvalue weighted by Crippen LogP contribution is -2.29. The largest absolute Gasteiger partial charge is 0.271 e. The van der Waals surface area contributed by atoms with Crippen molar-refractivity contribution in [3.05, 3.63) is 68.7 Å². The molecule has 19 heavy (non-hydrogen) atoms. The van der Waals surface area contributed by atoms with Crippen molar-refractivity contribution in [3.8, 4) is 0 Å². The molecule has 0 heterocycles. The average molecular weight is 340 g/mol. The molecule has 0 fully saturated rings. The Hall–Kier alpha value is -0.870. The van der Waals surface area contributed by atoms with Crippen LogP contribution in [0.1, 0.15) is 22.7 Å². The fourth-order valence-corrected chi connectivity index (χ4v) is 2.50. The van der Waals surface area contributed by atoms with Crippen molar-refractivity contribution < 1.29 is 0 Å². The van der Waals surface area contributed by atoms with Gasteiger partial charge in [-0.25, -0.2) is 0 Å². The molecule has 0 bridgehead atoms. The molecule has 0 saturated carbocycles. The van der Waals surface area contributed by atoms with Gasteiger partial charge in [0.15, 0.2) is 0 Å². The van der Waals surface area contributed by atoms with E-state index in [1.807, 2.05) is 30.3 Å². The second kappa shape index (κ2) is 6.53. The van der Waals surface area contributed by atoms with E-state index in [0.717, 1.165) is 27.0 Å². The first-order valence-corrected chi connectivity index (χ1v) is 7.24. The highest BCUT2D eigenvalue weighted by Gasteiger charge is 2.13. The average Bonchev–Trinajstić information content (AvgIpc) is 2.41. The topological polar surface area (TPSA) is 38.0 Å². The smallest absolute Gasteiger partial charge is 0.0500 e. The second-order valence-corrected chi connectivity index (χ2v) is 5.78. The fourth-order valence-electron chi connectivity index (χ4n) is 2.04. The van der Waals surface area contributed by atoms with Crippen LogP contribution in [-0.4, -0.2) is 0 Å². The molecule has 0 aliphatic heterocycles. The zero-order chi connectivity index (χ0) is 13.8. The van der Waals surface area contributed by atoms with E-state index in [1.165, 1.54) is 5.56 Å². The summed E-state index contributed by atoms with van der Waals surface area (Å²) in [6.45, 7) is 2.07. The van der Waals surface area contributed by atoms with Crippen molar-refractivity contribution in [1.82, 2.24) is 5.43 Å². The van der Waals surface area contributed by atoms with Crippen LogP contribution in [0.2, 0.25) is 5.02 Å². The van der Waals surface area contributed by atoms with E-state index >= 15 is 0 Å². The van der Waals surface area contributed by atoms with E-state index in [-0.39, 0.29) is 6.04 Å². The fraction of sp³-hybridized carbons (Fsp3) is 0.200. The van der Waals surface area contributed by atoms with E-state index in [4.69, 9.17) is 17.4 Å². The van der Waals surface area contributed by atoms with Crippen LogP contribution in [0.25, 0.3) is 0 Å². The van der Waals surface area contributed by atoms with Crippen molar-refractivity contribution in [2.45, 2.75) is 19.4 Å². The molecule has 2 rings (SSSR count). The Balaban J connectivity index is 2.25. The molecule has 2 nitrogen and oxygen atoms in total. The van der Waals surface area contributed by atoms with Gasteiger partial charge in [-0.1, -0.05) is 57.9 Å². The van der Waals surface area contributed by atoms with Crippen LogP contribution in [0, 0.1) is 6.92 Å². The van der Waals surface area contributed by atoms with Gasteiger partial charge in [-0.05, 0) is 42.2 Å². The summed E-state index contributed by atoms with van der Waals surface area (Å²) in [6, 6.07) is 14.1. The molecule has 2 aromatic carbocycles. The van der Waals surface area contributed by atoms with Gasteiger partial charge >= 0.3 is 0 Å². The van der Waals surface area contributed by atoms with Crippen LogP contribution in [0.3, 0.4) is 0 Å². The standard InChI is InChI=1S/C15H16BrClN2/c1-10-8-12(6-7-13(10)16)15(19-18)9-11-4-2-3-5-14(11)17/h2-8,15,19H,9,18H2,1H3. The van der Waals surface area contributed by atoms with Crippen molar-refractivity contribution in [3.63, 3.8) is 0 Å². The number of halogens is 2. The molecule has 0 aromatic heterocycles. The molecule has 0 aliphatic carbocycles. The van der Waals surface area contributed by atoms with E-state index in [1.54, 1.807) is 0 Å². The van der Waals surface area contributed by atoms with Crippen molar-refractivity contribution in [2.75, 3.05) is 0 Å². The summed E-state index contributed by atoms with van der Waals surface area (Å²) in [5.74, 6) is 5.69. The Morgan fingerprint density at radius 2 is 2.00 bits per heavy atom. The maximum Gasteiger partial charge on any atom is 0.0500 e. The SMILES string of the molecule is Cc1cc(C(Cc2ccccc2Cl)NN)ccc1Br. The predicted octanol–water partition coefficient (Wildman–Crippen LogP) is 4.16. The molecular formula is C15H16BrClN2. The number of rotatable bonds is 4. The molecule has 0 radical (unpaired) electrons. The van der Waals surface area contributed by atoms with Gasteiger partial charge in [0.05, 0.1) is 6.04 Å². The lowest BCUT2D eigenvalue weighted by Gasteiger charge is -2.18. The van der Waals surface area contributed by atoms with Crippen molar-refractivity contribution in [2.24, 2.45) is 5.84 Å². The Morgan fingerprint density at radius 3 is 2.63 bits per heavy atom. The molecule has 0 saturated heterocycles. The normalized spacial score (nSPS) is 12.4. The molecule has 3 N–H and O–H groups in total. The van der Waals surface area contributed by atoms with Gasteiger partial charge in [-0.15, -0.1) is 0 Å². The molecular weight excluding hydrogens is 324 g/mol. The summed E-state index contributed by atoms with van der Waals surface area (Å²) in [6.07, 6.45) is 0.761. The van der Waals surface area contributed by atoms with Gasteiger partial charge in [0, 0.05) is 9.50 Å². The number of benzene rings is 2.